The number of aliphatic carboxylic acids is 1. The van der Waals surface area contributed by atoms with Gasteiger partial charge in [-0.05, 0) is 39.0 Å². The molecule has 1 aliphatic carbocycles. The van der Waals surface area contributed by atoms with Crippen molar-refractivity contribution in [2.45, 2.75) is 62.9 Å². The fourth-order valence-corrected chi connectivity index (χ4v) is 6.21. The van der Waals surface area contributed by atoms with E-state index in [1.807, 2.05) is 0 Å². The van der Waals surface area contributed by atoms with Crippen LogP contribution in [-0.2, 0) is 14.8 Å². The Morgan fingerprint density at radius 2 is 2.00 bits per heavy atom. The Bertz CT molecular complexity index is 677. The maximum absolute atomic E-state index is 13.1. The number of nitrogens with zero attached hydrogens (tertiary/aromatic N) is 2. The lowest BCUT2D eigenvalue weighted by Crippen LogP contribution is -2.46. The number of hydrogen-bond acceptors (Lipinski definition) is 4. The van der Waals surface area contributed by atoms with Crippen molar-refractivity contribution in [2.24, 2.45) is 5.92 Å². The zero-order valence-electron chi connectivity index (χ0n) is 12.7. The third-order valence-corrected chi connectivity index (χ3v) is 7.11. The van der Waals surface area contributed by atoms with Crippen LogP contribution in [0.15, 0.2) is 4.90 Å². The van der Waals surface area contributed by atoms with Crippen molar-refractivity contribution in [1.82, 2.24) is 14.5 Å². The van der Waals surface area contributed by atoms with Crippen molar-refractivity contribution in [3.8, 4) is 0 Å². The Morgan fingerprint density at radius 3 is 2.59 bits per heavy atom. The number of aromatic amines is 1. The first kappa shape index (κ1) is 15.5. The molecule has 1 aliphatic heterocycles. The molecule has 1 saturated heterocycles. The number of aromatic nitrogens is 2. The highest BCUT2D eigenvalue weighted by molar-refractivity contribution is 7.89. The molecule has 7 nitrogen and oxygen atoms in total. The van der Waals surface area contributed by atoms with Crippen molar-refractivity contribution in [1.29, 1.82) is 0 Å². The summed E-state index contributed by atoms with van der Waals surface area (Å²) >= 11 is 0. The van der Waals surface area contributed by atoms with Crippen LogP contribution in [0.25, 0.3) is 0 Å². The average molecular weight is 327 g/mol. The van der Waals surface area contributed by atoms with Gasteiger partial charge in [-0.3, -0.25) is 9.89 Å². The molecule has 2 N–H and O–H groups in total. The Hall–Kier alpha value is -1.41. The number of rotatable bonds is 3. The molecule has 1 aromatic heterocycles. The second-order valence-corrected chi connectivity index (χ2v) is 8.08. The SMILES string of the molecule is Cc1n[nH]c(C)c1S(=O)(=O)N1C(C(=O)O)CC2CCCCC21. The highest BCUT2D eigenvalue weighted by Gasteiger charge is 2.51. The summed E-state index contributed by atoms with van der Waals surface area (Å²) in [4.78, 5) is 11.7. The zero-order valence-corrected chi connectivity index (χ0v) is 13.6. The number of aryl methyl sites for hydroxylation is 2. The summed E-state index contributed by atoms with van der Waals surface area (Å²) in [6.45, 7) is 3.28. The van der Waals surface area contributed by atoms with Crippen molar-refractivity contribution in [2.75, 3.05) is 0 Å². The number of sulfonamides is 1. The number of fused-ring (bicyclic) bond motifs is 1. The van der Waals surface area contributed by atoms with E-state index in [9.17, 15) is 18.3 Å². The molecule has 3 atom stereocenters. The van der Waals surface area contributed by atoms with Gasteiger partial charge in [-0.15, -0.1) is 0 Å². The van der Waals surface area contributed by atoms with Gasteiger partial charge in [-0.2, -0.15) is 9.40 Å². The fraction of sp³-hybridized carbons (Fsp3) is 0.714. The van der Waals surface area contributed by atoms with Crippen LogP contribution in [-0.4, -0.2) is 46.1 Å². The summed E-state index contributed by atoms with van der Waals surface area (Å²) < 4.78 is 27.5. The average Bonchev–Trinajstić information content (AvgIpc) is 3.00. The van der Waals surface area contributed by atoms with Gasteiger partial charge in [0.1, 0.15) is 10.9 Å². The number of carboxylic acid groups (broad SMARTS) is 1. The van der Waals surface area contributed by atoms with Gasteiger partial charge >= 0.3 is 5.97 Å². The van der Waals surface area contributed by atoms with Gasteiger partial charge in [0.2, 0.25) is 10.0 Å². The van der Waals surface area contributed by atoms with Gasteiger partial charge < -0.3 is 5.11 Å². The highest BCUT2D eigenvalue weighted by Crippen LogP contribution is 2.43. The van der Waals surface area contributed by atoms with E-state index >= 15 is 0 Å². The lowest BCUT2D eigenvalue weighted by Gasteiger charge is -2.32. The third kappa shape index (κ3) is 2.25. The van der Waals surface area contributed by atoms with Gasteiger partial charge in [0.25, 0.3) is 0 Å². The van der Waals surface area contributed by atoms with Crippen molar-refractivity contribution in [3.63, 3.8) is 0 Å². The van der Waals surface area contributed by atoms with E-state index in [1.165, 1.54) is 4.31 Å². The monoisotopic (exact) mass is 327 g/mol. The predicted octanol–water partition coefficient (Wildman–Crippen LogP) is 1.43. The standard InChI is InChI=1S/C14H21N3O4S/c1-8-13(9(2)16-15-8)22(20,21)17-11-6-4-3-5-10(11)7-12(17)14(18)19/h10-12H,3-7H2,1-2H3,(H,15,16)(H,18,19). The minimum absolute atomic E-state index is 0.130. The topological polar surface area (TPSA) is 103 Å². The molecule has 0 spiro atoms. The van der Waals surface area contributed by atoms with E-state index in [2.05, 4.69) is 10.2 Å². The number of H-pyrrole nitrogens is 1. The summed E-state index contributed by atoms with van der Waals surface area (Å²) in [5, 5.41) is 16.1. The summed E-state index contributed by atoms with van der Waals surface area (Å²) in [6, 6.07) is -1.17. The molecular formula is C14H21N3O4S. The molecule has 3 unspecified atom stereocenters. The van der Waals surface area contributed by atoms with Crippen molar-refractivity contribution < 1.29 is 18.3 Å². The second-order valence-electron chi connectivity index (χ2n) is 6.30. The molecule has 0 aromatic carbocycles. The van der Waals surface area contributed by atoms with Crippen LogP contribution in [0.4, 0.5) is 0 Å². The molecule has 0 bridgehead atoms. The molecule has 0 amide bonds. The van der Waals surface area contributed by atoms with Gasteiger partial charge in [0.05, 0.1) is 11.4 Å². The fourth-order valence-electron chi connectivity index (χ4n) is 4.00. The maximum Gasteiger partial charge on any atom is 0.322 e. The Labute approximate surface area is 129 Å². The van der Waals surface area contributed by atoms with Crippen molar-refractivity contribution in [3.05, 3.63) is 11.4 Å². The predicted molar refractivity (Wildman–Crippen MR) is 78.9 cm³/mol. The molecule has 8 heteroatoms. The molecule has 1 saturated carbocycles. The third-order valence-electron chi connectivity index (χ3n) is 4.91. The van der Waals surface area contributed by atoms with Crippen LogP contribution < -0.4 is 0 Å². The van der Waals surface area contributed by atoms with Gasteiger partial charge in [-0.1, -0.05) is 12.8 Å². The van der Waals surface area contributed by atoms with E-state index in [-0.39, 0.29) is 16.9 Å². The van der Waals surface area contributed by atoms with Crippen molar-refractivity contribution >= 4 is 16.0 Å². The van der Waals surface area contributed by atoms with E-state index in [4.69, 9.17) is 0 Å². The number of carbonyl (C=O) groups is 1. The van der Waals surface area contributed by atoms with E-state index < -0.39 is 22.0 Å². The van der Waals surface area contributed by atoms with Crippen LogP contribution in [0.3, 0.4) is 0 Å². The molecule has 1 aromatic rings. The molecule has 22 heavy (non-hydrogen) atoms. The normalized spacial score (nSPS) is 29.5. The highest BCUT2D eigenvalue weighted by atomic mass is 32.2. The zero-order chi connectivity index (χ0) is 16.1. The number of carboxylic acids is 1. The molecule has 0 radical (unpaired) electrons. The lowest BCUT2D eigenvalue weighted by atomic mass is 9.85. The minimum Gasteiger partial charge on any atom is -0.480 e. The number of nitrogens with one attached hydrogen (secondary N) is 1. The summed E-state index contributed by atoms with van der Waals surface area (Å²) in [5.74, 6) is -0.908. The molecule has 2 aliphatic rings. The van der Waals surface area contributed by atoms with E-state index in [1.54, 1.807) is 13.8 Å². The first-order chi connectivity index (χ1) is 10.3. The second kappa shape index (κ2) is 5.34. The van der Waals surface area contributed by atoms with Crippen LogP contribution in [0.5, 0.6) is 0 Å². The summed E-state index contributed by atoms with van der Waals surface area (Å²) in [6.07, 6.45) is 4.05. The smallest absolute Gasteiger partial charge is 0.322 e. The van der Waals surface area contributed by atoms with Gasteiger partial charge in [0, 0.05) is 6.04 Å². The maximum atomic E-state index is 13.1. The molecular weight excluding hydrogens is 306 g/mol. The molecule has 122 valence electrons. The molecule has 2 fully saturated rings. The van der Waals surface area contributed by atoms with Gasteiger partial charge in [-0.25, -0.2) is 8.42 Å². The lowest BCUT2D eigenvalue weighted by molar-refractivity contribution is -0.141. The molecule has 2 heterocycles. The molecule has 3 rings (SSSR count). The Balaban J connectivity index is 2.08. The Kier molecular flexibility index (Phi) is 3.76. The summed E-state index contributed by atoms with van der Waals surface area (Å²) in [7, 11) is -3.86. The van der Waals surface area contributed by atoms with Crippen LogP contribution in [0, 0.1) is 19.8 Å². The van der Waals surface area contributed by atoms with E-state index in [0.717, 1.165) is 25.7 Å². The van der Waals surface area contributed by atoms with Gasteiger partial charge in [0.15, 0.2) is 0 Å². The quantitative estimate of drug-likeness (QED) is 0.874. The largest absolute Gasteiger partial charge is 0.480 e. The van der Waals surface area contributed by atoms with E-state index in [0.29, 0.717) is 17.8 Å². The first-order valence-electron chi connectivity index (χ1n) is 7.62. The van der Waals surface area contributed by atoms with Crippen LogP contribution >= 0.6 is 0 Å². The minimum atomic E-state index is -3.86. The van der Waals surface area contributed by atoms with Crippen LogP contribution in [0.1, 0.15) is 43.5 Å². The number of hydrogen-bond donors (Lipinski definition) is 2. The van der Waals surface area contributed by atoms with Crippen LogP contribution in [0.2, 0.25) is 0 Å². The first-order valence-corrected chi connectivity index (χ1v) is 9.06. The summed E-state index contributed by atoms with van der Waals surface area (Å²) in [5.41, 5.74) is 0.849. The Morgan fingerprint density at radius 1 is 1.32 bits per heavy atom.